The molecule has 1 aromatic rings. The van der Waals surface area contributed by atoms with Crippen molar-refractivity contribution in [3.8, 4) is 0 Å². The summed E-state index contributed by atoms with van der Waals surface area (Å²) in [5.74, 6) is 0.147. The maximum atomic E-state index is 11.9. The van der Waals surface area contributed by atoms with Crippen LogP contribution in [0.3, 0.4) is 0 Å². The van der Waals surface area contributed by atoms with Crippen LogP contribution in [0, 0.1) is 5.92 Å². The molecule has 0 spiro atoms. The zero-order chi connectivity index (χ0) is 13.2. The minimum atomic E-state index is -0.136. The molecule has 1 unspecified atom stereocenters. The van der Waals surface area contributed by atoms with Crippen molar-refractivity contribution in [2.75, 3.05) is 11.9 Å². The first-order valence-corrected chi connectivity index (χ1v) is 6.48. The van der Waals surface area contributed by atoms with E-state index in [0.29, 0.717) is 6.61 Å². The molecule has 3 nitrogen and oxygen atoms in total. The molecule has 1 aliphatic heterocycles. The molecule has 0 saturated heterocycles. The Morgan fingerprint density at radius 1 is 1.33 bits per heavy atom. The third-order valence-electron chi connectivity index (χ3n) is 3.11. The minimum Gasteiger partial charge on any atom is -0.376 e. The summed E-state index contributed by atoms with van der Waals surface area (Å²) >= 11 is 0. The molecule has 0 aliphatic carbocycles. The Hall–Kier alpha value is -1.35. The number of para-hydroxylation sites is 1. The van der Waals surface area contributed by atoms with Crippen LogP contribution in [-0.2, 0) is 16.0 Å². The van der Waals surface area contributed by atoms with E-state index in [1.165, 1.54) is 5.56 Å². The molecule has 0 bridgehead atoms. The molecular formula is C15H21NO2. The fourth-order valence-electron chi connectivity index (χ4n) is 2.15. The van der Waals surface area contributed by atoms with Crippen LogP contribution < -0.4 is 5.32 Å². The van der Waals surface area contributed by atoms with E-state index in [1.54, 1.807) is 0 Å². The smallest absolute Gasteiger partial charge is 0.227 e. The van der Waals surface area contributed by atoms with Gasteiger partial charge in [-0.2, -0.15) is 0 Å². The van der Waals surface area contributed by atoms with Crippen LogP contribution in [-0.4, -0.2) is 18.1 Å². The lowest BCUT2D eigenvalue weighted by molar-refractivity contribution is -0.121. The number of fused-ring (bicyclic) bond motifs is 1. The van der Waals surface area contributed by atoms with Crippen molar-refractivity contribution >= 4 is 11.6 Å². The molecule has 1 heterocycles. The van der Waals surface area contributed by atoms with Crippen LogP contribution in [0.15, 0.2) is 24.3 Å². The zero-order valence-corrected chi connectivity index (χ0v) is 11.3. The number of hydrogen-bond donors (Lipinski definition) is 1. The highest BCUT2D eigenvalue weighted by Gasteiger charge is 2.25. The first-order valence-electron chi connectivity index (χ1n) is 6.48. The normalized spacial score (nSPS) is 19.3. The van der Waals surface area contributed by atoms with E-state index in [0.717, 1.165) is 18.5 Å². The molecule has 0 radical (unpaired) electrons. The van der Waals surface area contributed by atoms with Crippen molar-refractivity contribution in [1.29, 1.82) is 0 Å². The highest BCUT2D eigenvalue weighted by atomic mass is 16.5. The van der Waals surface area contributed by atoms with Gasteiger partial charge in [0.25, 0.3) is 0 Å². The van der Waals surface area contributed by atoms with Crippen LogP contribution in [0.5, 0.6) is 0 Å². The summed E-state index contributed by atoms with van der Waals surface area (Å²) in [6, 6.07) is 7.99. The van der Waals surface area contributed by atoms with Crippen LogP contribution in [0.2, 0.25) is 0 Å². The molecule has 1 atom stereocenters. The molecule has 1 aliphatic rings. The Kier molecular flexibility index (Phi) is 3.71. The number of ether oxygens (including phenoxy) is 1. The van der Waals surface area contributed by atoms with Gasteiger partial charge in [-0.25, -0.2) is 0 Å². The van der Waals surface area contributed by atoms with Crippen molar-refractivity contribution in [2.24, 2.45) is 5.92 Å². The number of hydrogen-bond acceptors (Lipinski definition) is 2. The minimum absolute atomic E-state index is 0.0299. The molecule has 18 heavy (non-hydrogen) atoms. The Balaban J connectivity index is 1.94. The van der Waals surface area contributed by atoms with E-state index in [4.69, 9.17) is 4.74 Å². The Bertz CT molecular complexity index is 434. The molecule has 1 amide bonds. The second-order valence-electron chi connectivity index (χ2n) is 5.80. The number of amides is 1. The fourth-order valence-corrected chi connectivity index (χ4v) is 2.15. The predicted octanol–water partition coefficient (Wildman–Crippen LogP) is 3.00. The molecule has 0 fully saturated rings. The number of anilines is 1. The van der Waals surface area contributed by atoms with Gasteiger partial charge in [0, 0.05) is 18.2 Å². The van der Waals surface area contributed by atoms with Crippen molar-refractivity contribution in [2.45, 2.75) is 39.2 Å². The van der Waals surface area contributed by atoms with Gasteiger partial charge in [-0.15, -0.1) is 0 Å². The third kappa shape index (κ3) is 3.33. The monoisotopic (exact) mass is 247 g/mol. The Morgan fingerprint density at radius 2 is 2.06 bits per heavy atom. The van der Waals surface area contributed by atoms with E-state index in [1.807, 2.05) is 39.0 Å². The van der Waals surface area contributed by atoms with Crippen molar-refractivity contribution in [1.82, 2.24) is 0 Å². The summed E-state index contributed by atoms with van der Waals surface area (Å²) in [6.45, 7) is 6.72. The van der Waals surface area contributed by atoms with Gasteiger partial charge in [0.05, 0.1) is 5.60 Å². The Morgan fingerprint density at radius 3 is 2.78 bits per heavy atom. The second-order valence-corrected chi connectivity index (χ2v) is 5.80. The van der Waals surface area contributed by atoms with Crippen molar-refractivity contribution in [3.63, 3.8) is 0 Å². The lowest BCUT2D eigenvalue weighted by atomic mass is 9.91. The van der Waals surface area contributed by atoms with Crippen LogP contribution >= 0.6 is 0 Å². The number of carbonyl (C=O) groups excluding carboxylic acids is 1. The van der Waals surface area contributed by atoms with E-state index >= 15 is 0 Å². The zero-order valence-electron chi connectivity index (χ0n) is 11.3. The fraction of sp³-hybridized carbons (Fsp3) is 0.533. The summed E-state index contributed by atoms with van der Waals surface area (Å²) in [5, 5.41) is 2.96. The maximum Gasteiger partial charge on any atom is 0.227 e. The lowest BCUT2D eigenvalue weighted by Gasteiger charge is -2.26. The van der Waals surface area contributed by atoms with Gasteiger partial charge in [-0.05, 0) is 45.2 Å². The van der Waals surface area contributed by atoms with Crippen LogP contribution in [0.1, 0.15) is 32.8 Å². The predicted molar refractivity (Wildman–Crippen MR) is 72.6 cm³/mol. The summed E-state index contributed by atoms with van der Waals surface area (Å²) in [6.07, 6.45) is 1.59. The standard InChI is InChI=1S/C15H21NO2/c1-15(2,3)18-9-8-12-10-11-6-4-5-7-13(11)16-14(12)17/h4-7,12H,8-10H2,1-3H3,(H,16,17). The second kappa shape index (κ2) is 5.11. The van der Waals surface area contributed by atoms with Gasteiger partial charge in [0.1, 0.15) is 0 Å². The molecule has 3 heteroatoms. The summed E-state index contributed by atoms with van der Waals surface area (Å²) in [5.41, 5.74) is 2.04. The summed E-state index contributed by atoms with van der Waals surface area (Å²) < 4.78 is 5.69. The third-order valence-corrected chi connectivity index (χ3v) is 3.11. The number of benzene rings is 1. The number of carbonyl (C=O) groups is 1. The van der Waals surface area contributed by atoms with Crippen LogP contribution in [0.25, 0.3) is 0 Å². The summed E-state index contributed by atoms with van der Waals surface area (Å²) in [7, 11) is 0. The summed E-state index contributed by atoms with van der Waals surface area (Å²) in [4.78, 5) is 11.9. The Labute approximate surface area is 109 Å². The van der Waals surface area contributed by atoms with Crippen molar-refractivity contribution < 1.29 is 9.53 Å². The van der Waals surface area contributed by atoms with E-state index in [-0.39, 0.29) is 17.4 Å². The first kappa shape index (κ1) is 13.1. The number of rotatable bonds is 3. The SMILES string of the molecule is CC(C)(C)OCCC1Cc2ccccc2NC1=O. The quantitative estimate of drug-likeness (QED) is 0.891. The lowest BCUT2D eigenvalue weighted by Crippen LogP contribution is -2.31. The molecular weight excluding hydrogens is 226 g/mol. The van der Waals surface area contributed by atoms with Gasteiger partial charge in [0.15, 0.2) is 0 Å². The largest absolute Gasteiger partial charge is 0.376 e. The van der Waals surface area contributed by atoms with Gasteiger partial charge in [-0.1, -0.05) is 18.2 Å². The highest BCUT2D eigenvalue weighted by Crippen LogP contribution is 2.27. The van der Waals surface area contributed by atoms with E-state index in [9.17, 15) is 4.79 Å². The van der Waals surface area contributed by atoms with E-state index in [2.05, 4.69) is 11.4 Å². The molecule has 98 valence electrons. The number of nitrogens with one attached hydrogen (secondary N) is 1. The van der Waals surface area contributed by atoms with Gasteiger partial charge in [0.2, 0.25) is 5.91 Å². The first-order chi connectivity index (χ1) is 8.46. The van der Waals surface area contributed by atoms with E-state index < -0.39 is 0 Å². The molecule has 1 aromatic carbocycles. The van der Waals surface area contributed by atoms with Gasteiger partial charge >= 0.3 is 0 Å². The van der Waals surface area contributed by atoms with Gasteiger partial charge < -0.3 is 10.1 Å². The van der Waals surface area contributed by atoms with Crippen molar-refractivity contribution in [3.05, 3.63) is 29.8 Å². The maximum absolute atomic E-state index is 11.9. The molecule has 2 rings (SSSR count). The van der Waals surface area contributed by atoms with Crippen LogP contribution in [0.4, 0.5) is 5.69 Å². The average molecular weight is 247 g/mol. The topological polar surface area (TPSA) is 38.3 Å². The average Bonchev–Trinajstić information content (AvgIpc) is 2.28. The highest BCUT2D eigenvalue weighted by molar-refractivity contribution is 5.95. The molecule has 1 N–H and O–H groups in total. The molecule has 0 saturated carbocycles. The molecule has 0 aromatic heterocycles. The van der Waals surface area contributed by atoms with Gasteiger partial charge in [-0.3, -0.25) is 4.79 Å².